The molecule has 0 aliphatic rings. The van der Waals surface area contributed by atoms with Crippen molar-refractivity contribution >= 4 is 23.8 Å². The van der Waals surface area contributed by atoms with Crippen molar-refractivity contribution in [1.29, 1.82) is 0 Å². The molecule has 0 aromatic rings. The van der Waals surface area contributed by atoms with Crippen LogP contribution in [0.15, 0.2) is 0 Å². The normalized spacial score (nSPS) is 12.4. The van der Waals surface area contributed by atoms with Crippen LogP contribution in [0.1, 0.15) is 213 Å². The first-order valence-corrected chi connectivity index (χ1v) is 20.9. The van der Waals surface area contributed by atoms with Crippen molar-refractivity contribution in [2.75, 3.05) is 13.2 Å². The topological polar surface area (TPSA) is 142 Å². The summed E-state index contributed by atoms with van der Waals surface area (Å²) in [7, 11) is 0. The molecule has 9 heteroatoms. The highest BCUT2D eigenvalue weighted by Crippen LogP contribution is 2.19. The van der Waals surface area contributed by atoms with Gasteiger partial charge in [0.05, 0.1) is 13.2 Å². The third-order valence-corrected chi connectivity index (χ3v) is 9.60. The number of carboxylic acid groups (broad SMARTS) is 1. The monoisotopic (exact) mass is 711 g/mol. The van der Waals surface area contributed by atoms with Crippen molar-refractivity contribution in [3.8, 4) is 0 Å². The van der Waals surface area contributed by atoms with Crippen LogP contribution in [0.2, 0.25) is 0 Å². The lowest BCUT2D eigenvalue weighted by Gasteiger charge is -2.18. The lowest BCUT2D eigenvalue weighted by molar-refractivity contribution is -0.150. The number of carbonyl (C=O) groups is 4. The molecule has 0 aliphatic heterocycles. The van der Waals surface area contributed by atoms with Crippen molar-refractivity contribution < 1.29 is 34.1 Å². The van der Waals surface area contributed by atoms with Crippen LogP contribution in [0.5, 0.6) is 0 Å². The number of carboxylic acids is 1. The van der Waals surface area contributed by atoms with Gasteiger partial charge in [-0.2, -0.15) is 0 Å². The van der Waals surface area contributed by atoms with E-state index in [0.29, 0.717) is 19.3 Å². The van der Waals surface area contributed by atoms with Gasteiger partial charge in [0, 0.05) is 12.8 Å². The summed E-state index contributed by atoms with van der Waals surface area (Å²) in [5, 5.41) is 22.5. The zero-order valence-electron chi connectivity index (χ0n) is 32.4. The second kappa shape index (κ2) is 36.6. The zero-order chi connectivity index (χ0) is 36.9. The summed E-state index contributed by atoms with van der Waals surface area (Å²) in [5.74, 6) is -2.28. The van der Waals surface area contributed by atoms with E-state index in [2.05, 4.69) is 24.5 Å². The fourth-order valence-electron chi connectivity index (χ4n) is 6.36. The molecule has 294 valence electrons. The number of nitrogens with one attached hydrogen (secondary N) is 2. The molecule has 50 heavy (non-hydrogen) atoms. The molecule has 0 spiro atoms. The van der Waals surface area contributed by atoms with Crippen molar-refractivity contribution in [2.45, 2.75) is 225 Å². The minimum atomic E-state index is -1.38. The van der Waals surface area contributed by atoms with E-state index in [0.717, 1.165) is 57.8 Å². The number of ether oxygens (including phenoxy) is 1. The SMILES string of the molecule is CCCCCCCCCCCCCCCCCC(CCCCCCCC(=O)NCC(=O)NC(CO)C(=O)O)OC(=O)CCCCCCCCC. The summed E-state index contributed by atoms with van der Waals surface area (Å²) < 4.78 is 5.99. The van der Waals surface area contributed by atoms with Gasteiger partial charge in [0.1, 0.15) is 12.1 Å². The van der Waals surface area contributed by atoms with Gasteiger partial charge in [-0.1, -0.05) is 162 Å². The molecule has 0 aliphatic carbocycles. The lowest BCUT2D eigenvalue weighted by Crippen LogP contribution is -2.47. The maximum absolute atomic E-state index is 12.7. The van der Waals surface area contributed by atoms with E-state index < -0.39 is 24.5 Å². The van der Waals surface area contributed by atoms with Crippen LogP contribution in [0.3, 0.4) is 0 Å². The summed E-state index contributed by atoms with van der Waals surface area (Å²) in [6.45, 7) is 3.47. The molecule has 0 rings (SSSR count). The van der Waals surface area contributed by atoms with Gasteiger partial charge in [-0.25, -0.2) is 4.79 Å². The minimum Gasteiger partial charge on any atom is -0.480 e. The fraction of sp³-hybridized carbons (Fsp3) is 0.902. The van der Waals surface area contributed by atoms with Crippen molar-refractivity contribution in [3.05, 3.63) is 0 Å². The Labute approximate surface area is 306 Å². The van der Waals surface area contributed by atoms with Gasteiger partial charge in [0.15, 0.2) is 0 Å². The van der Waals surface area contributed by atoms with Crippen LogP contribution < -0.4 is 10.6 Å². The minimum absolute atomic E-state index is 0.00231. The number of esters is 1. The van der Waals surface area contributed by atoms with Gasteiger partial charge in [0.25, 0.3) is 0 Å². The third-order valence-electron chi connectivity index (χ3n) is 9.60. The summed E-state index contributed by atoms with van der Waals surface area (Å²) in [5.41, 5.74) is 0. The van der Waals surface area contributed by atoms with Gasteiger partial charge in [-0.3, -0.25) is 14.4 Å². The van der Waals surface area contributed by atoms with Crippen LogP contribution in [0, 0.1) is 0 Å². The number of hydrogen-bond donors (Lipinski definition) is 4. The van der Waals surface area contributed by atoms with Crippen molar-refractivity contribution in [2.24, 2.45) is 0 Å². The number of carbonyl (C=O) groups excluding carboxylic acids is 3. The molecule has 0 bridgehead atoms. The van der Waals surface area contributed by atoms with E-state index in [-0.39, 0.29) is 24.5 Å². The number of aliphatic carboxylic acids is 1. The quantitative estimate of drug-likeness (QED) is 0.0369. The second-order valence-electron chi connectivity index (χ2n) is 14.4. The summed E-state index contributed by atoms with van der Waals surface area (Å²) in [6.07, 6.45) is 35.6. The molecule has 0 heterocycles. The van der Waals surface area contributed by atoms with E-state index >= 15 is 0 Å². The highest BCUT2D eigenvalue weighted by Gasteiger charge is 2.19. The Morgan fingerprint density at radius 1 is 0.520 bits per heavy atom. The van der Waals surface area contributed by atoms with E-state index in [1.54, 1.807) is 0 Å². The number of aliphatic hydroxyl groups is 1. The van der Waals surface area contributed by atoms with Gasteiger partial charge in [-0.15, -0.1) is 0 Å². The first-order chi connectivity index (χ1) is 24.3. The summed E-state index contributed by atoms with van der Waals surface area (Å²) in [4.78, 5) is 47.4. The van der Waals surface area contributed by atoms with Gasteiger partial charge < -0.3 is 25.6 Å². The molecule has 2 amide bonds. The number of hydrogen-bond acceptors (Lipinski definition) is 6. The summed E-state index contributed by atoms with van der Waals surface area (Å²) >= 11 is 0. The Bertz CT molecular complexity index is 823. The molecule has 0 aromatic carbocycles. The average Bonchev–Trinajstić information content (AvgIpc) is 3.10. The van der Waals surface area contributed by atoms with Crippen LogP contribution in [-0.4, -0.2) is 59.3 Å². The molecule has 0 radical (unpaired) electrons. The summed E-state index contributed by atoms with van der Waals surface area (Å²) in [6, 6.07) is -1.38. The molecule has 9 nitrogen and oxygen atoms in total. The molecule has 4 N–H and O–H groups in total. The van der Waals surface area contributed by atoms with Gasteiger partial charge in [0.2, 0.25) is 11.8 Å². The van der Waals surface area contributed by atoms with Crippen LogP contribution in [-0.2, 0) is 23.9 Å². The first-order valence-electron chi connectivity index (χ1n) is 20.9. The smallest absolute Gasteiger partial charge is 0.328 e. The maximum Gasteiger partial charge on any atom is 0.328 e. The molecular formula is C41H78N2O7. The molecular weight excluding hydrogens is 632 g/mol. The lowest BCUT2D eigenvalue weighted by atomic mass is 10.0. The molecule has 0 saturated carbocycles. The fourth-order valence-corrected chi connectivity index (χ4v) is 6.36. The van der Waals surface area contributed by atoms with Gasteiger partial charge in [-0.05, 0) is 38.5 Å². The van der Waals surface area contributed by atoms with Crippen LogP contribution in [0.25, 0.3) is 0 Å². The Morgan fingerprint density at radius 2 is 0.900 bits per heavy atom. The second-order valence-corrected chi connectivity index (χ2v) is 14.4. The molecule has 0 aromatic heterocycles. The van der Waals surface area contributed by atoms with Crippen molar-refractivity contribution in [1.82, 2.24) is 10.6 Å². The van der Waals surface area contributed by atoms with E-state index in [1.165, 1.54) is 122 Å². The standard InChI is InChI=1S/C41H78N2O7/c1-3-5-7-9-11-12-13-14-15-16-17-18-20-22-26-30-36(50-40(47)33-29-25-19-10-8-6-4-2)31-27-23-21-24-28-32-38(45)42-34-39(46)43-37(35-44)41(48)49/h36-37,44H,3-35H2,1-2H3,(H,42,45)(H,43,46)(H,48,49). The Hall–Kier alpha value is -2.16. The largest absolute Gasteiger partial charge is 0.480 e. The molecule has 2 unspecified atom stereocenters. The Morgan fingerprint density at radius 3 is 1.30 bits per heavy atom. The van der Waals surface area contributed by atoms with Crippen LogP contribution >= 0.6 is 0 Å². The average molecular weight is 711 g/mol. The zero-order valence-corrected chi connectivity index (χ0v) is 32.4. The highest BCUT2D eigenvalue weighted by atomic mass is 16.5. The maximum atomic E-state index is 12.7. The van der Waals surface area contributed by atoms with Crippen LogP contribution in [0.4, 0.5) is 0 Å². The van der Waals surface area contributed by atoms with Gasteiger partial charge >= 0.3 is 11.9 Å². The Kier molecular flexibility index (Phi) is 35.0. The van der Waals surface area contributed by atoms with E-state index in [1.807, 2.05) is 0 Å². The first kappa shape index (κ1) is 47.8. The molecule has 0 saturated heterocycles. The van der Waals surface area contributed by atoms with Crippen molar-refractivity contribution in [3.63, 3.8) is 0 Å². The third kappa shape index (κ3) is 33.0. The predicted molar refractivity (Wildman–Crippen MR) is 204 cm³/mol. The van der Waals surface area contributed by atoms with E-state index in [4.69, 9.17) is 14.9 Å². The molecule has 0 fully saturated rings. The number of aliphatic hydroxyl groups excluding tert-OH is 1. The number of amides is 2. The predicted octanol–water partition coefficient (Wildman–Crippen LogP) is 9.71. The number of unbranched alkanes of at least 4 members (excludes halogenated alkanes) is 24. The highest BCUT2D eigenvalue weighted by molar-refractivity contribution is 5.87. The number of rotatable bonds is 38. The Balaban J connectivity index is 4.21. The van der Waals surface area contributed by atoms with E-state index in [9.17, 15) is 19.2 Å². The molecule has 2 atom stereocenters.